The van der Waals surface area contributed by atoms with Gasteiger partial charge in [0.15, 0.2) is 0 Å². The number of piperidine rings is 1. The topological polar surface area (TPSA) is 78.4 Å². The molecule has 7 heteroatoms. The summed E-state index contributed by atoms with van der Waals surface area (Å²) in [5, 5.41) is 14.9. The molecule has 32 heavy (non-hydrogen) atoms. The maximum absolute atomic E-state index is 11.3. The van der Waals surface area contributed by atoms with E-state index in [1.807, 2.05) is 30.5 Å². The first-order valence-electron chi connectivity index (χ1n) is 11.2. The molecule has 0 spiro atoms. The van der Waals surface area contributed by atoms with Crippen molar-refractivity contribution in [2.75, 3.05) is 31.5 Å². The zero-order valence-electron chi connectivity index (χ0n) is 17.9. The zero-order chi connectivity index (χ0) is 21.9. The highest BCUT2D eigenvalue weighted by Crippen LogP contribution is 2.32. The third-order valence-electron chi connectivity index (χ3n) is 6.05. The molecule has 0 amide bonds. The molecule has 4 heterocycles. The molecule has 5 rings (SSSR count). The summed E-state index contributed by atoms with van der Waals surface area (Å²) in [6, 6.07) is 11.7. The minimum atomic E-state index is -0.889. The van der Waals surface area contributed by atoms with Crippen molar-refractivity contribution in [3.8, 4) is 11.3 Å². The molecule has 0 aliphatic carbocycles. The maximum Gasteiger partial charge on any atom is 0.345 e. The van der Waals surface area contributed by atoms with Gasteiger partial charge in [-0.15, -0.1) is 11.3 Å². The van der Waals surface area contributed by atoms with Crippen molar-refractivity contribution in [1.29, 1.82) is 0 Å². The zero-order valence-corrected chi connectivity index (χ0v) is 18.7. The minimum Gasteiger partial charge on any atom is -0.477 e. The molecule has 1 saturated heterocycles. The van der Waals surface area contributed by atoms with Crippen molar-refractivity contribution >= 4 is 44.0 Å². The van der Waals surface area contributed by atoms with Crippen molar-refractivity contribution in [2.24, 2.45) is 0 Å². The van der Waals surface area contributed by atoms with Crippen LogP contribution in [0.4, 0.5) is 5.69 Å². The van der Waals surface area contributed by atoms with Crippen LogP contribution in [0.3, 0.4) is 0 Å². The number of fused-ring (bicyclic) bond motifs is 2. The van der Waals surface area contributed by atoms with Gasteiger partial charge in [0.05, 0.1) is 11.2 Å². The number of anilines is 1. The number of aromatic nitrogens is 2. The summed E-state index contributed by atoms with van der Waals surface area (Å²) in [6.45, 7) is 4.47. The van der Waals surface area contributed by atoms with Gasteiger partial charge in [0.1, 0.15) is 4.88 Å². The van der Waals surface area contributed by atoms with Crippen molar-refractivity contribution in [3.05, 3.63) is 53.7 Å². The number of hydrogen-bond donors (Lipinski definition) is 2. The van der Waals surface area contributed by atoms with Gasteiger partial charge >= 0.3 is 5.97 Å². The fraction of sp³-hybridized carbons (Fsp3) is 0.320. The monoisotopic (exact) mass is 446 g/mol. The number of rotatable bonds is 7. The number of carbonyl (C=O) groups is 1. The molecule has 1 fully saturated rings. The highest BCUT2D eigenvalue weighted by Gasteiger charge is 2.13. The van der Waals surface area contributed by atoms with Gasteiger partial charge in [-0.3, -0.25) is 4.98 Å². The lowest BCUT2D eigenvalue weighted by molar-refractivity contribution is 0.0702. The smallest absolute Gasteiger partial charge is 0.345 e. The van der Waals surface area contributed by atoms with E-state index in [4.69, 9.17) is 4.98 Å². The number of carboxylic acids is 1. The van der Waals surface area contributed by atoms with Crippen molar-refractivity contribution in [2.45, 2.75) is 25.7 Å². The molecule has 2 N–H and O–H groups in total. The fourth-order valence-electron chi connectivity index (χ4n) is 4.37. The second kappa shape index (κ2) is 9.22. The normalized spacial score (nSPS) is 14.8. The van der Waals surface area contributed by atoms with E-state index in [0.29, 0.717) is 4.88 Å². The first-order valence-corrected chi connectivity index (χ1v) is 12.0. The molecule has 6 nitrogen and oxygen atoms in total. The third kappa shape index (κ3) is 4.45. The van der Waals surface area contributed by atoms with E-state index in [0.717, 1.165) is 57.4 Å². The van der Waals surface area contributed by atoms with Gasteiger partial charge in [-0.1, -0.05) is 18.6 Å². The summed E-state index contributed by atoms with van der Waals surface area (Å²) in [5.74, 6) is -0.889. The number of aromatic carboxylic acids is 1. The SMILES string of the molecule is O=C(O)c1cc2ccc(-c3cc(NCCCN4CCCCC4)c4cnccc4n3)cc2s1. The Hall–Kier alpha value is -3.03. The number of pyridine rings is 2. The number of thiophene rings is 1. The van der Waals surface area contributed by atoms with Crippen molar-refractivity contribution in [3.63, 3.8) is 0 Å². The Morgan fingerprint density at radius 1 is 1.12 bits per heavy atom. The van der Waals surface area contributed by atoms with Gasteiger partial charge in [0, 0.05) is 40.3 Å². The van der Waals surface area contributed by atoms with E-state index < -0.39 is 5.97 Å². The van der Waals surface area contributed by atoms with Gasteiger partial charge in [0.2, 0.25) is 0 Å². The van der Waals surface area contributed by atoms with Crippen molar-refractivity contribution in [1.82, 2.24) is 14.9 Å². The summed E-state index contributed by atoms with van der Waals surface area (Å²) >= 11 is 1.29. The predicted octanol–water partition coefficient (Wildman–Crippen LogP) is 5.50. The standard InChI is InChI=1S/C25H26N4O2S/c30-25(31)24-14-18-6-5-17(13-23(18)32-24)21-15-22(19-16-26-9-7-20(19)28-21)27-8-4-12-29-10-2-1-3-11-29/h5-7,9,13-16H,1-4,8,10-12H2,(H,27,28)(H,30,31). The summed E-state index contributed by atoms with van der Waals surface area (Å²) in [6.07, 6.45) is 8.72. The molecule has 1 aliphatic rings. The molecule has 3 aromatic heterocycles. The number of carboxylic acid groups (broad SMARTS) is 1. The average Bonchev–Trinajstić information content (AvgIpc) is 3.26. The minimum absolute atomic E-state index is 0.353. The molecule has 164 valence electrons. The van der Waals surface area contributed by atoms with Gasteiger partial charge in [-0.25, -0.2) is 9.78 Å². The highest BCUT2D eigenvalue weighted by atomic mass is 32.1. The summed E-state index contributed by atoms with van der Waals surface area (Å²) in [7, 11) is 0. The summed E-state index contributed by atoms with van der Waals surface area (Å²) < 4.78 is 0.951. The van der Waals surface area contributed by atoms with Crippen LogP contribution in [0.1, 0.15) is 35.4 Å². The molecular weight excluding hydrogens is 420 g/mol. The molecule has 1 aliphatic heterocycles. The maximum atomic E-state index is 11.3. The van der Waals surface area contributed by atoms with Gasteiger partial charge in [0.25, 0.3) is 0 Å². The van der Waals surface area contributed by atoms with Gasteiger partial charge < -0.3 is 15.3 Å². The number of hydrogen-bond acceptors (Lipinski definition) is 6. The van der Waals surface area contributed by atoms with Crippen LogP contribution in [0.25, 0.3) is 32.2 Å². The molecule has 1 aromatic carbocycles. The molecule has 0 radical (unpaired) electrons. The van der Waals surface area contributed by atoms with Crippen LogP contribution >= 0.6 is 11.3 Å². The van der Waals surface area contributed by atoms with E-state index in [9.17, 15) is 9.90 Å². The average molecular weight is 447 g/mol. The van der Waals surface area contributed by atoms with Crippen LogP contribution in [0.2, 0.25) is 0 Å². The second-order valence-corrected chi connectivity index (χ2v) is 9.38. The Morgan fingerprint density at radius 2 is 2.00 bits per heavy atom. The Labute approximate surface area is 190 Å². The Balaban J connectivity index is 1.40. The van der Waals surface area contributed by atoms with Crippen LogP contribution in [-0.4, -0.2) is 52.1 Å². The molecule has 0 saturated carbocycles. The Morgan fingerprint density at radius 3 is 2.84 bits per heavy atom. The van der Waals surface area contributed by atoms with E-state index in [2.05, 4.69) is 21.3 Å². The third-order valence-corrected chi connectivity index (χ3v) is 7.14. The van der Waals surface area contributed by atoms with E-state index in [1.54, 1.807) is 12.3 Å². The summed E-state index contributed by atoms with van der Waals surface area (Å²) in [4.78, 5) is 23.4. The van der Waals surface area contributed by atoms with Crippen LogP contribution < -0.4 is 5.32 Å². The summed E-state index contributed by atoms with van der Waals surface area (Å²) in [5.41, 5.74) is 3.78. The lowest BCUT2D eigenvalue weighted by atomic mass is 10.1. The van der Waals surface area contributed by atoms with Gasteiger partial charge in [-0.2, -0.15) is 0 Å². The highest BCUT2D eigenvalue weighted by molar-refractivity contribution is 7.20. The first kappa shape index (κ1) is 20.8. The molecule has 4 aromatic rings. The molecular formula is C25H26N4O2S. The van der Waals surface area contributed by atoms with Crippen LogP contribution in [0.15, 0.2) is 48.8 Å². The molecule has 0 bridgehead atoms. The second-order valence-electron chi connectivity index (χ2n) is 8.30. The van der Waals surface area contributed by atoms with Crippen LogP contribution in [0.5, 0.6) is 0 Å². The predicted molar refractivity (Wildman–Crippen MR) is 131 cm³/mol. The number of nitrogens with zero attached hydrogens (tertiary/aromatic N) is 3. The molecule has 0 atom stereocenters. The first-order chi connectivity index (χ1) is 15.7. The van der Waals surface area contributed by atoms with E-state index in [1.165, 1.54) is 43.7 Å². The van der Waals surface area contributed by atoms with Gasteiger partial charge in [-0.05, 0) is 68.5 Å². The quantitative estimate of drug-likeness (QED) is 0.365. The van der Waals surface area contributed by atoms with E-state index >= 15 is 0 Å². The van der Waals surface area contributed by atoms with Crippen molar-refractivity contribution < 1.29 is 9.90 Å². The largest absolute Gasteiger partial charge is 0.477 e. The van der Waals surface area contributed by atoms with E-state index in [-0.39, 0.29) is 0 Å². The number of nitrogens with one attached hydrogen (secondary N) is 1. The Bertz CT molecular complexity index is 1260. The lowest BCUT2D eigenvalue weighted by Gasteiger charge is -2.26. The fourth-order valence-corrected chi connectivity index (χ4v) is 5.31. The number of benzene rings is 1. The number of likely N-dealkylation sites (tertiary alicyclic amines) is 1. The Kier molecular flexibility index (Phi) is 6.01. The molecule has 0 unspecified atom stereocenters. The van der Waals surface area contributed by atoms with Crippen LogP contribution in [-0.2, 0) is 0 Å². The lowest BCUT2D eigenvalue weighted by Crippen LogP contribution is -2.31. The van der Waals surface area contributed by atoms with Crippen LogP contribution in [0, 0.1) is 0 Å².